The van der Waals surface area contributed by atoms with E-state index in [-0.39, 0.29) is 30.8 Å². The predicted octanol–water partition coefficient (Wildman–Crippen LogP) is 2.79. The molecule has 2 amide bonds. The van der Waals surface area contributed by atoms with E-state index < -0.39 is 5.92 Å². The topological polar surface area (TPSA) is 111 Å². The third-order valence-electron chi connectivity index (χ3n) is 5.74. The van der Waals surface area contributed by atoms with Crippen molar-refractivity contribution in [3.8, 4) is 23.1 Å². The van der Waals surface area contributed by atoms with Crippen LogP contribution < -0.4 is 10.1 Å². The minimum Gasteiger partial charge on any atom is -0.497 e. The van der Waals surface area contributed by atoms with Crippen molar-refractivity contribution in [2.75, 3.05) is 14.2 Å². The largest absolute Gasteiger partial charge is 0.497 e. The summed E-state index contributed by atoms with van der Waals surface area (Å²) in [7, 11) is 3.31. The molecule has 2 aromatic carbocycles. The highest BCUT2D eigenvalue weighted by Crippen LogP contribution is 2.37. The number of imidazole rings is 1. The number of methoxy groups -OCH3 is 1. The number of aromatic nitrogens is 2. The van der Waals surface area contributed by atoms with Gasteiger partial charge in [0.1, 0.15) is 11.6 Å². The fourth-order valence-corrected chi connectivity index (χ4v) is 4.02. The molecular weight excluding hydrogens is 406 g/mol. The average Bonchev–Trinajstić information content (AvgIpc) is 3.42. The number of likely N-dealkylation sites (tertiary alicyclic amines) is 1. The van der Waals surface area contributed by atoms with E-state index in [2.05, 4.69) is 21.4 Å². The number of hydrogen-bond donors (Lipinski definition) is 2. The molecule has 0 bridgehead atoms. The van der Waals surface area contributed by atoms with E-state index in [1.165, 1.54) is 0 Å². The van der Waals surface area contributed by atoms with E-state index in [1.807, 2.05) is 36.4 Å². The number of nitrogens with zero attached hydrogens (tertiary/aromatic N) is 3. The Hall–Kier alpha value is -4.12. The van der Waals surface area contributed by atoms with Gasteiger partial charge in [0, 0.05) is 19.0 Å². The third kappa shape index (κ3) is 4.18. The lowest BCUT2D eigenvalue weighted by Crippen LogP contribution is -2.34. The van der Waals surface area contributed by atoms with Gasteiger partial charge in [-0.1, -0.05) is 24.3 Å². The van der Waals surface area contributed by atoms with Crippen LogP contribution in [0.4, 0.5) is 0 Å². The molecule has 2 heterocycles. The Balaban J connectivity index is 1.45. The molecule has 2 N–H and O–H groups in total. The Morgan fingerprint density at radius 1 is 1.31 bits per heavy atom. The number of nitriles is 1. The summed E-state index contributed by atoms with van der Waals surface area (Å²) in [6.45, 7) is 0.209. The van der Waals surface area contributed by atoms with Crippen molar-refractivity contribution in [1.82, 2.24) is 20.2 Å². The van der Waals surface area contributed by atoms with Gasteiger partial charge in [-0.3, -0.25) is 9.59 Å². The number of benzene rings is 2. The molecule has 1 fully saturated rings. The number of carbonyl (C=O) groups excluding carboxylic acids is 2. The van der Waals surface area contributed by atoms with E-state index >= 15 is 0 Å². The first kappa shape index (κ1) is 21.1. The standard InChI is InChI=1S/C24H23N5O3/c1-29-22(30)11-19(23(29)16-6-8-18(32-2)9-7-16)24(31)27-14-21-26-13-20(28-21)17-5-3-4-15(10-17)12-25/h3-10,13,19,23H,11,14H2,1-2H3,(H,26,28)(H,27,31). The maximum Gasteiger partial charge on any atom is 0.226 e. The van der Waals surface area contributed by atoms with E-state index in [4.69, 9.17) is 10.00 Å². The summed E-state index contributed by atoms with van der Waals surface area (Å²) in [5, 5.41) is 12.0. The molecule has 32 heavy (non-hydrogen) atoms. The average molecular weight is 429 g/mol. The Bertz CT molecular complexity index is 1180. The van der Waals surface area contributed by atoms with Gasteiger partial charge in [0.25, 0.3) is 0 Å². The van der Waals surface area contributed by atoms with Crippen LogP contribution >= 0.6 is 0 Å². The quantitative estimate of drug-likeness (QED) is 0.626. The van der Waals surface area contributed by atoms with Crippen LogP contribution in [0.5, 0.6) is 5.75 Å². The van der Waals surface area contributed by atoms with Crippen LogP contribution in [0.3, 0.4) is 0 Å². The second kappa shape index (κ2) is 8.94. The molecule has 1 aromatic heterocycles. The van der Waals surface area contributed by atoms with Crippen LogP contribution in [0.25, 0.3) is 11.3 Å². The van der Waals surface area contributed by atoms with E-state index in [0.717, 1.165) is 22.6 Å². The van der Waals surface area contributed by atoms with Crippen LogP contribution in [0.2, 0.25) is 0 Å². The molecule has 1 aliphatic heterocycles. The van der Waals surface area contributed by atoms with Crippen molar-refractivity contribution >= 4 is 11.8 Å². The number of aromatic amines is 1. The van der Waals surface area contributed by atoms with Crippen molar-refractivity contribution in [2.45, 2.75) is 19.0 Å². The number of rotatable bonds is 6. The minimum atomic E-state index is -0.498. The molecule has 0 saturated carbocycles. The molecule has 2 atom stereocenters. The highest BCUT2D eigenvalue weighted by molar-refractivity contribution is 5.90. The molecule has 8 heteroatoms. The molecule has 1 aliphatic rings. The van der Waals surface area contributed by atoms with Gasteiger partial charge in [0.05, 0.1) is 49.1 Å². The van der Waals surface area contributed by atoms with Crippen LogP contribution in [-0.4, -0.2) is 40.8 Å². The first-order valence-electron chi connectivity index (χ1n) is 10.2. The number of carbonyl (C=O) groups is 2. The molecule has 3 aromatic rings. The lowest BCUT2D eigenvalue weighted by molar-refractivity contribution is -0.128. The Kier molecular flexibility index (Phi) is 5.90. The Morgan fingerprint density at radius 3 is 2.81 bits per heavy atom. The number of hydrogen-bond acceptors (Lipinski definition) is 5. The molecule has 0 radical (unpaired) electrons. The fraction of sp³-hybridized carbons (Fsp3) is 0.250. The number of nitrogens with one attached hydrogen (secondary N) is 2. The van der Waals surface area contributed by atoms with Crippen LogP contribution in [0.15, 0.2) is 54.7 Å². The third-order valence-corrected chi connectivity index (χ3v) is 5.74. The van der Waals surface area contributed by atoms with Gasteiger partial charge in [0.2, 0.25) is 11.8 Å². The van der Waals surface area contributed by atoms with Gasteiger partial charge in [-0.15, -0.1) is 0 Å². The second-order valence-corrected chi connectivity index (χ2v) is 7.69. The van der Waals surface area contributed by atoms with E-state index in [0.29, 0.717) is 11.4 Å². The van der Waals surface area contributed by atoms with Crippen LogP contribution in [0, 0.1) is 17.2 Å². The predicted molar refractivity (Wildman–Crippen MR) is 117 cm³/mol. The van der Waals surface area contributed by atoms with Crippen molar-refractivity contribution in [3.63, 3.8) is 0 Å². The van der Waals surface area contributed by atoms with Crippen LogP contribution in [0.1, 0.15) is 29.4 Å². The van der Waals surface area contributed by atoms with E-state index in [9.17, 15) is 9.59 Å². The van der Waals surface area contributed by atoms with Crippen molar-refractivity contribution in [3.05, 3.63) is 71.7 Å². The highest BCUT2D eigenvalue weighted by Gasteiger charge is 2.42. The maximum atomic E-state index is 13.0. The molecule has 8 nitrogen and oxygen atoms in total. The molecule has 1 saturated heterocycles. The summed E-state index contributed by atoms with van der Waals surface area (Å²) in [6, 6.07) is 16.4. The first-order chi connectivity index (χ1) is 15.5. The summed E-state index contributed by atoms with van der Waals surface area (Å²) in [5.74, 6) is 0.546. The summed E-state index contributed by atoms with van der Waals surface area (Å²) >= 11 is 0. The van der Waals surface area contributed by atoms with Gasteiger partial charge >= 0.3 is 0 Å². The van der Waals surface area contributed by atoms with Gasteiger partial charge in [-0.25, -0.2) is 4.98 Å². The SMILES string of the molecule is COc1ccc(C2C(C(=O)NCc3ncc(-c4cccc(C#N)c4)[nH]3)CC(=O)N2C)cc1. The van der Waals surface area contributed by atoms with Crippen molar-refractivity contribution in [1.29, 1.82) is 5.26 Å². The molecule has 162 valence electrons. The van der Waals surface area contributed by atoms with Gasteiger partial charge < -0.3 is 19.9 Å². The van der Waals surface area contributed by atoms with E-state index in [1.54, 1.807) is 37.4 Å². The summed E-state index contributed by atoms with van der Waals surface area (Å²) in [5.41, 5.74) is 3.05. The first-order valence-corrected chi connectivity index (χ1v) is 10.2. The van der Waals surface area contributed by atoms with Gasteiger partial charge in [-0.2, -0.15) is 5.26 Å². The highest BCUT2D eigenvalue weighted by atomic mass is 16.5. The normalized spacial score (nSPS) is 17.8. The zero-order valence-corrected chi connectivity index (χ0v) is 17.8. The number of amides is 2. The molecular formula is C24H23N5O3. The lowest BCUT2D eigenvalue weighted by atomic mass is 9.93. The zero-order chi connectivity index (χ0) is 22.7. The van der Waals surface area contributed by atoms with Gasteiger partial charge in [0.15, 0.2) is 0 Å². The molecule has 2 unspecified atom stereocenters. The number of ether oxygens (including phenoxy) is 1. The molecule has 4 rings (SSSR count). The Labute approximate surface area is 185 Å². The summed E-state index contributed by atoms with van der Waals surface area (Å²) in [6.07, 6.45) is 1.83. The minimum absolute atomic E-state index is 0.0661. The summed E-state index contributed by atoms with van der Waals surface area (Å²) in [4.78, 5) is 34.5. The van der Waals surface area contributed by atoms with Crippen molar-refractivity contribution in [2.24, 2.45) is 5.92 Å². The summed E-state index contributed by atoms with van der Waals surface area (Å²) < 4.78 is 5.20. The second-order valence-electron chi connectivity index (χ2n) is 7.69. The number of H-pyrrole nitrogens is 1. The monoisotopic (exact) mass is 429 g/mol. The van der Waals surface area contributed by atoms with Crippen molar-refractivity contribution < 1.29 is 14.3 Å². The lowest BCUT2D eigenvalue weighted by Gasteiger charge is -2.25. The maximum absolute atomic E-state index is 13.0. The Morgan fingerprint density at radius 2 is 2.09 bits per heavy atom. The molecule has 0 spiro atoms. The molecule has 0 aliphatic carbocycles. The zero-order valence-electron chi connectivity index (χ0n) is 17.8. The smallest absolute Gasteiger partial charge is 0.226 e. The van der Waals surface area contributed by atoms with Gasteiger partial charge in [-0.05, 0) is 29.8 Å². The van der Waals surface area contributed by atoms with Crippen LogP contribution in [-0.2, 0) is 16.1 Å². The fourth-order valence-electron chi connectivity index (χ4n) is 4.02.